The van der Waals surface area contributed by atoms with Crippen LogP contribution in [-0.2, 0) is 20.5 Å². The van der Waals surface area contributed by atoms with E-state index in [-0.39, 0.29) is 0 Å². The zero-order chi connectivity index (χ0) is 17.0. The molecule has 0 N–H and O–H groups in total. The Morgan fingerprint density at radius 3 is 1.48 bits per heavy atom. The summed E-state index contributed by atoms with van der Waals surface area (Å²) >= 11 is -3.16. The minimum atomic E-state index is -3.16. The van der Waals surface area contributed by atoms with E-state index >= 15 is 0 Å². The Balaban J connectivity index is 2.72. The fraction of sp³-hybridized carbons (Fsp3) is 0.600. The Hall–Kier alpha value is -0.250. The fourth-order valence-electron chi connectivity index (χ4n) is 4.35. The molecule has 0 spiro atoms. The van der Waals surface area contributed by atoms with Gasteiger partial charge in [-0.25, -0.2) is 0 Å². The van der Waals surface area contributed by atoms with Gasteiger partial charge in [-0.1, -0.05) is 0 Å². The molecule has 0 aromatic heterocycles. The van der Waals surface area contributed by atoms with Gasteiger partial charge in [0.2, 0.25) is 0 Å². The molecule has 0 unspecified atom stereocenters. The summed E-state index contributed by atoms with van der Waals surface area (Å²) in [5, 5.41) is 0. The third-order valence-corrected chi connectivity index (χ3v) is 25.7. The van der Waals surface area contributed by atoms with Gasteiger partial charge in [0.15, 0.2) is 0 Å². The van der Waals surface area contributed by atoms with Crippen LogP contribution in [0.1, 0.15) is 53.4 Å². The van der Waals surface area contributed by atoms with Gasteiger partial charge in [0.1, 0.15) is 0 Å². The molecular weight excluding hydrogens is 447 g/mol. The van der Waals surface area contributed by atoms with Gasteiger partial charge in [-0.15, -0.1) is 0 Å². The first kappa shape index (κ1) is 19.1. The van der Waals surface area contributed by atoms with Gasteiger partial charge < -0.3 is 0 Å². The van der Waals surface area contributed by atoms with Crippen LogP contribution in [0.2, 0.25) is 0 Å². The van der Waals surface area contributed by atoms with Gasteiger partial charge in [-0.3, -0.25) is 0 Å². The molecule has 0 atom stereocenters. The van der Waals surface area contributed by atoms with Crippen LogP contribution < -0.4 is 0 Å². The van der Waals surface area contributed by atoms with Crippen LogP contribution in [0.15, 0.2) is 42.1 Å². The summed E-state index contributed by atoms with van der Waals surface area (Å²) in [6.45, 7) is 11.6. The quantitative estimate of drug-likeness (QED) is 0.445. The van der Waals surface area contributed by atoms with Crippen LogP contribution in [0, 0.1) is 0 Å². The second kappa shape index (κ2) is 8.22. The molecule has 2 rings (SSSR count). The third kappa shape index (κ3) is 3.17. The van der Waals surface area contributed by atoms with Crippen LogP contribution in [-0.4, -0.2) is 33.0 Å². The van der Waals surface area contributed by atoms with E-state index in [1.807, 2.05) is 6.66 Å². The number of nitrogens with zero attached hydrogens (tertiary/aromatic N) is 2. The van der Waals surface area contributed by atoms with Gasteiger partial charge in [0.25, 0.3) is 0 Å². The minimum absolute atomic E-state index is 1.15. The van der Waals surface area contributed by atoms with Gasteiger partial charge in [-0.05, 0) is 0 Å². The number of hydrogen-bond acceptors (Lipinski definition) is 2. The van der Waals surface area contributed by atoms with Crippen molar-refractivity contribution in [3.8, 4) is 0 Å². The van der Waals surface area contributed by atoms with Crippen molar-refractivity contribution >= 4 is 0 Å². The molecule has 2 aliphatic carbocycles. The van der Waals surface area contributed by atoms with E-state index in [4.69, 9.17) is 0 Å². The molecule has 0 saturated heterocycles. The second-order valence-electron chi connectivity index (χ2n) is 6.63. The second-order valence-corrected chi connectivity index (χ2v) is 21.3. The van der Waals surface area contributed by atoms with E-state index in [1.54, 1.807) is 11.1 Å². The molecular formula is C20H34HfN2. The van der Waals surface area contributed by atoms with Gasteiger partial charge >= 0.3 is 149 Å². The first-order valence-corrected chi connectivity index (χ1v) is 16.1. The standard InChI is InChI=1S/2C7H9.2C3H8N.Hf/c2*1-2-7-5-3-4-6-7;2*1-3-4-2;/h2*3,5H,2,4H2,1H3;2*3H2,1-2H3;/q;;2*-1;+2. The topological polar surface area (TPSA) is 6.48 Å². The van der Waals surface area contributed by atoms with Crippen molar-refractivity contribution in [2.45, 2.75) is 53.4 Å². The monoisotopic (exact) mass is 482 g/mol. The van der Waals surface area contributed by atoms with Crippen molar-refractivity contribution in [3.05, 3.63) is 42.1 Å². The maximum atomic E-state index is 2.78. The summed E-state index contributed by atoms with van der Waals surface area (Å²) in [5.74, 6) is 0. The van der Waals surface area contributed by atoms with E-state index in [1.165, 1.54) is 25.7 Å². The van der Waals surface area contributed by atoms with E-state index in [2.05, 4.69) is 71.9 Å². The Morgan fingerprint density at radius 2 is 1.17 bits per heavy atom. The summed E-state index contributed by atoms with van der Waals surface area (Å²) in [6.07, 6.45) is 14.3. The molecule has 0 aliphatic heterocycles. The Labute approximate surface area is 148 Å². The Kier molecular flexibility index (Phi) is 6.82. The summed E-state index contributed by atoms with van der Waals surface area (Å²) in [4.78, 5) is 0. The molecule has 0 amide bonds. The molecule has 2 aliphatic rings. The average molecular weight is 481 g/mol. The third-order valence-electron chi connectivity index (χ3n) is 5.71. The van der Waals surface area contributed by atoms with Crippen molar-refractivity contribution in [3.63, 3.8) is 0 Å². The predicted molar refractivity (Wildman–Crippen MR) is 98.8 cm³/mol. The van der Waals surface area contributed by atoms with Crippen LogP contribution in [0.4, 0.5) is 0 Å². The number of allylic oxidation sites excluding steroid dienone is 8. The molecule has 0 aromatic rings. The van der Waals surface area contributed by atoms with Crippen LogP contribution in [0.5, 0.6) is 0 Å². The van der Waals surface area contributed by atoms with Crippen molar-refractivity contribution in [1.29, 1.82) is 0 Å². The molecule has 3 heteroatoms. The van der Waals surface area contributed by atoms with Crippen molar-refractivity contribution in [1.82, 2.24) is 5.78 Å². The number of rotatable bonds is 8. The van der Waals surface area contributed by atoms with E-state index in [0.717, 1.165) is 13.1 Å². The molecule has 2 nitrogen and oxygen atoms in total. The summed E-state index contributed by atoms with van der Waals surface area (Å²) in [6, 6.07) is 0. The molecule has 0 fully saturated rings. The SMILES string of the molecule is CCC1=[C]([Hf]([C]2=C(CC)C=CC2)([N](C)CC)[N](C)CC)CC=C1. The maximum absolute atomic E-state index is 3.16. The molecule has 0 aromatic carbocycles. The van der Waals surface area contributed by atoms with Crippen LogP contribution >= 0.6 is 0 Å². The molecule has 23 heavy (non-hydrogen) atoms. The molecule has 0 saturated carbocycles. The van der Waals surface area contributed by atoms with Gasteiger partial charge in [0.05, 0.1) is 0 Å². The summed E-state index contributed by atoms with van der Waals surface area (Å²) < 4.78 is 9.20. The molecule has 0 bridgehead atoms. The summed E-state index contributed by atoms with van der Waals surface area (Å²) in [5.41, 5.74) is 3.25. The van der Waals surface area contributed by atoms with Gasteiger partial charge in [-0.2, -0.15) is 0 Å². The molecule has 0 radical (unpaired) electrons. The van der Waals surface area contributed by atoms with Gasteiger partial charge in [0, 0.05) is 0 Å². The van der Waals surface area contributed by atoms with E-state index < -0.39 is 20.5 Å². The zero-order valence-corrected chi connectivity index (χ0v) is 19.5. The Morgan fingerprint density at radius 1 is 0.783 bits per heavy atom. The fourth-order valence-corrected chi connectivity index (χ4v) is 25.6. The summed E-state index contributed by atoms with van der Waals surface area (Å²) in [7, 11) is 4.79. The van der Waals surface area contributed by atoms with Crippen molar-refractivity contribution < 1.29 is 20.5 Å². The average Bonchev–Trinajstić information content (AvgIpc) is 3.24. The van der Waals surface area contributed by atoms with Crippen LogP contribution in [0.3, 0.4) is 0 Å². The van der Waals surface area contributed by atoms with Crippen molar-refractivity contribution in [2.24, 2.45) is 0 Å². The predicted octanol–water partition coefficient (Wildman–Crippen LogP) is 5.12. The van der Waals surface area contributed by atoms with E-state index in [0.29, 0.717) is 0 Å². The Bertz CT molecular complexity index is 504. The first-order valence-electron chi connectivity index (χ1n) is 9.28. The normalized spacial score (nSPS) is 18.4. The van der Waals surface area contributed by atoms with Crippen molar-refractivity contribution in [2.75, 3.05) is 27.2 Å². The molecule has 128 valence electrons. The molecule has 0 heterocycles. The van der Waals surface area contributed by atoms with Crippen LogP contribution in [0.25, 0.3) is 0 Å². The van der Waals surface area contributed by atoms with E-state index in [9.17, 15) is 0 Å². The number of hydrogen-bond donors (Lipinski definition) is 0. The zero-order valence-electron chi connectivity index (χ0n) is 15.9. The first-order chi connectivity index (χ1) is 11.1.